The van der Waals surface area contributed by atoms with E-state index in [0.717, 1.165) is 37.9 Å². The van der Waals surface area contributed by atoms with Crippen LogP contribution in [0.2, 0.25) is 0 Å². The first kappa shape index (κ1) is 27.8. The average Bonchev–Trinajstić information content (AvgIpc) is 3.38. The van der Waals surface area contributed by atoms with Gasteiger partial charge in [0.2, 0.25) is 16.0 Å². The van der Waals surface area contributed by atoms with Gasteiger partial charge < -0.3 is 20.5 Å². The number of hydrogen-bond donors (Lipinski definition) is 3. The molecular formula is C30H37N7O2S. The van der Waals surface area contributed by atoms with Gasteiger partial charge in [-0.05, 0) is 86.7 Å². The fourth-order valence-electron chi connectivity index (χ4n) is 5.05. The summed E-state index contributed by atoms with van der Waals surface area (Å²) in [4.78, 5) is 9.09. The Morgan fingerprint density at radius 3 is 2.27 bits per heavy atom. The molecule has 0 aliphatic heterocycles. The van der Waals surface area contributed by atoms with Crippen molar-refractivity contribution in [2.24, 2.45) is 7.05 Å². The molecule has 0 atom stereocenters. The Bertz CT molecular complexity index is 1510. The van der Waals surface area contributed by atoms with Crippen LogP contribution in [-0.2, 0) is 23.6 Å². The first-order chi connectivity index (χ1) is 19.3. The molecule has 2 aromatic carbocycles. The summed E-state index contributed by atoms with van der Waals surface area (Å²) in [5.41, 5.74) is 4.09. The molecule has 0 amide bonds. The van der Waals surface area contributed by atoms with Crippen molar-refractivity contribution in [2.45, 2.75) is 56.1 Å². The molecule has 210 valence electrons. The van der Waals surface area contributed by atoms with Gasteiger partial charge in [-0.1, -0.05) is 17.7 Å². The number of anilines is 4. The Balaban J connectivity index is 1.15. The Labute approximate surface area is 236 Å². The Morgan fingerprint density at radius 1 is 0.925 bits per heavy atom. The molecule has 10 heteroatoms. The monoisotopic (exact) mass is 559 g/mol. The van der Waals surface area contributed by atoms with E-state index >= 15 is 0 Å². The summed E-state index contributed by atoms with van der Waals surface area (Å²) in [6.07, 6.45) is 9.43. The van der Waals surface area contributed by atoms with Gasteiger partial charge in [0.1, 0.15) is 5.82 Å². The lowest BCUT2D eigenvalue weighted by molar-refractivity contribution is 0.248. The van der Waals surface area contributed by atoms with E-state index in [0.29, 0.717) is 23.5 Å². The maximum absolute atomic E-state index is 13.4. The van der Waals surface area contributed by atoms with Gasteiger partial charge in [-0.2, -0.15) is 9.29 Å². The fourth-order valence-corrected chi connectivity index (χ4v) is 6.46. The van der Waals surface area contributed by atoms with Crippen molar-refractivity contribution in [2.75, 3.05) is 17.7 Å². The zero-order chi connectivity index (χ0) is 28.1. The van der Waals surface area contributed by atoms with Gasteiger partial charge in [-0.25, -0.2) is 13.4 Å². The molecule has 0 unspecified atom stereocenters. The lowest BCUT2D eigenvalue weighted by Gasteiger charge is -2.34. The fraction of sp³-hybridized carbons (Fsp3) is 0.333. The second-order valence-electron chi connectivity index (χ2n) is 10.5. The molecule has 9 nitrogen and oxygen atoms in total. The van der Waals surface area contributed by atoms with Gasteiger partial charge in [-0.15, -0.1) is 0 Å². The van der Waals surface area contributed by atoms with E-state index in [2.05, 4.69) is 38.2 Å². The molecule has 5 rings (SSSR count). The first-order valence-corrected chi connectivity index (χ1v) is 15.1. The van der Waals surface area contributed by atoms with E-state index < -0.39 is 10.0 Å². The minimum Gasteiger partial charge on any atom is -0.357 e. The molecule has 0 bridgehead atoms. The second kappa shape index (κ2) is 12.2. The molecule has 4 aromatic rings. The molecule has 1 fully saturated rings. The summed E-state index contributed by atoms with van der Waals surface area (Å²) in [7, 11) is 0.119. The van der Waals surface area contributed by atoms with Crippen molar-refractivity contribution in [1.82, 2.24) is 24.2 Å². The lowest BCUT2D eigenvalue weighted by Crippen LogP contribution is -2.43. The predicted molar refractivity (Wildman–Crippen MR) is 159 cm³/mol. The standard InChI is InChI=1S/C30H37N7O2S/c1-22-4-6-25(7-5-22)33-29-16-18-31-30(35-29)34-26-10-14-28(15-11-26)40(38,39)37(3)27-12-8-24(9-13-27)32-20-23-17-19-36(2)21-23/h4-7,10-11,14-19,21,24,27,32H,8-9,12-13,20H2,1-3H3,(H2,31,33,34,35). The maximum Gasteiger partial charge on any atom is 0.243 e. The normalized spacial score (nSPS) is 17.6. The second-order valence-corrected chi connectivity index (χ2v) is 12.5. The summed E-state index contributed by atoms with van der Waals surface area (Å²) in [5, 5.41) is 10.1. The van der Waals surface area contributed by atoms with E-state index in [1.807, 2.05) is 49.0 Å². The molecule has 0 saturated heterocycles. The highest BCUT2D eigenvalue weighted by Gasteiger charge is 2.31. The van der Waals surface area contributed by atoms with Gasteiger partial charge in [0.05, 0.1) is 4.90 Å². The molecular weight excluding hydrogens is 522 g/mol. The quantitative estimate of drug-likeness (QED) is 0.241. The molecule has 1 aliphatic carbocycles. The number of sulfonamides is 1. The van der Waals surface area contributed by atoms with E-state index in [1.165, 1.54) is 11.1 Å². The zero-order valence-corrected chi connectivity index (χ0v) is 24.0. The lowest BCUT2D eigenvalue weighted by atomic mass is 9.91. The summed E-state index contributed by atoms with van der Waals surface area (Å²) < 4.78 is 30.4. The van der Waals surface area contributed by atoms with Crippen molar-refractivity contribution < 1.29 is 8.42 Å². The molecule has 40 heavy (non-hydrogen) atoms. The van der Waals surface area contributed by atoms with Gasteiger partial charge in [-0.3, -0.25) is 0 Å². The largest absolute Gasteiger partial charge is 0.357 e. The molecule has 1 saturated carbocycles. The van der Waals surface area contributed by atoms with Gasteiger partial charge in [0, 0.05) is 62.7 Å². The van der Waals surface area contributed by atoms with Crippen LogP contribution in [0.5, 0.6) is 0 Å². The van der Waals surface area contributed by atoms with Crippen LogP contribution >= 0.6 is 0 Å². The van der Waals surface area contributed by atoms with Crippen LogP contribution in [0.25, 0.3) is 0 Å². The highest BCUT2D eigenvalue weighted by Crippen LogP contribution is 2.28. The third kappa shape index (κ3) is 6.88. The van der Waals surface area contributed by atoms with E-state index in [-0.39, 0.29) is 10.9 Å². The number of benzene rings is 2. The van der Waals surface area contributed by atoms with Crippen LogP contribution in [0.1, 0.15) is 36.8 Å². The number of nitrogens with one attached hydrogen (secondary N) is 3. The minimum absolute atomic E-state index is 0.00486. The van der Waals surface area contributed by atoms with E-state index in [9.17, 15) is 8.42 Å². The highest BCUT2D eigenvalue weighted by atomic mass is 32.2. The van der Waals surface area contributed by atoms with Gasteiger partial charge >= 0.3 is 0 Å². The molecule has 3 N–H and O–H groups in total. The van der Waals surface area contributed by atoms with Gasteiger partial charge in [0.15, 0.2) is 0 Å². The molecule has 2 aromatic heterocycles. The smallest absolute Gasteiger partial charge is 0.243 e. The van der Waals surface area contributed by atoms with Crippen LogP contribution < -0.4 is 16.0 Å². The third-order valence-corrected chi connectivity index (χ3v) is 9.39. The predicted octanol–water partition coefficient (Wildman–Crippen LogP) is 5.33. The summed E-state index contributed by atoms with van der Waals surface area (Å²) in [6, 6.07) is 19.1. The number of aryl methyl sites for hydroxylation is 2. The number of aromatic nitrogens is 3. The summed E-state index contributed by atoms with van der Waals surface area (Å²) in [5.74, 6) is 1.08. The van der Waals surface area contributed by atoms with E-state index in [1.54, 1.807) is 47.9 Å². The highest BCUT2D eigenvalue weighted by molar-refractivity contribution is 7.89. The van der Waals surface area contributed by atoms with Crippen molar-refractivity contribution in [3.05, 3.63) is 90.4 Å². The van der Waals surface area contributed by atoms with Crippen molar-refractivity contribution in [3.63, 3.8) is 0 Å². The molecule has 1 aliphatic rings. The van der Waals surface area contributed by atoms with Crippen LogP contribution in [-0.4, -0.2) is 46.4 Å². The summed E-state index contributed by atoms with van der Waals surface area (Å²) in [6.45, 7) is 2.88. The van der Waals surface area contributed by atoms with E-state index in [4.69, 9.17) is 0 Å². The van der Waals surface area contributed by atoms with Crippen LogP contribution in [0.3, 0.4) is 0 Å². The molecule has 0 radical (unpaired) electrons. The Hall–Kier alpha value is -3.73. The molecule has 0 spiro atoms. The average molecular weight is 560 g/mol. The minimum atomic E-state index is -3.60. The zero-order valence-electron chi connectivity index (χ0n) is 23.2. The number of rotatable bonds is 10. The van der Waals surface area contributed by atoms with Crippen LogP contribution in [0.15, 0.2) is 84.1 Å². The van der Waals surface area contributed by atoms with Gasteiger partial charge in [0.25, 0.3) is 0 Å². The Morgan fingerprint density at radius 2 is 1.60 bits per heavy atom. The molecule has 2 heterocycles. The SMILES string of the molecule is Cc1ccc(Nc2ccnc(Nc3ccc(S(=O)(=O)N(C)C4CCC(NCc5ccn(C)c5)CC4)cc3)n2)cc1. The number of hydrogen-bond acceptors (Lipinski definition) is 7. The van der Waals surface area contributed by atoms with Crippen molar-refractivity contribution >= 4 is 33.2 Å². The van der Waals surface area contributed by atoms with Crippen LogP contribution in [0.4, 0.5) is 23.1 Å². The van der Waals surface area contributed by atoms with Crippen LogP contribution in [0, 0.1) is 6.92 Å². The maximum atomic E-state index is 13.4. The third-order valence-electron chi connectivity index (χ3n) is 7.47. The summed E-state index contributed by atoms with van der Waals surface area (Å²) >= 11 is 0. The topological polar surface area (TPSA) is 104 Å². The van der Waals surface area contributed by atoms with Crippen molar-refractivity contribution in [3.8, 4) is 0 Å². The number of nitrogens with zero attached hydrogens (tertiary/aromatic N) is 4. The first-order valence-electron chi connectivity index (χ1n) is 13.6. The van der Waals surface area contributed by atoms with Crippen molar-refractivity contribution in [1.29, 1.82) is 0 Å². The Kier molecular flexibility index (Phi) is 8.49.